The van der Waals surface area contributed by atoms with Gasteiger partial charge in [-0.25, -0.2) is 0 Å². The van der Waals surface area contributed by atoms with Crippen LogP contribution >= 0.6 is 46.1 Å². The lowest BCUT2D eigenvalue weighted by Crippen LogP contribution is -2.12. The van der Waals surface area contributed by atoms with Gasteiger partial charge in [-0.1, -0.05) is 34.8 Å². The van der Waals surface area contributed by atoms with Gasteiger partial charge < -0.3 is 11.1 Å². The molecule has 106 valence electrons. The molecule has 0 saturated carbocycles. The number of carbonyl (C=O) groups excluding carboxylic acids is 1. The number of nitrogens with one attached hydrogen (secondary N) is 1. The lowest BCUT2D eigenvalue weighted by molar-refractivity contribution is 0.100. The second-order valence-corrected chi connectivity index (χ2v) is 6.90. The number of primary amides is 1. The molecule has 1 aromatic heterocycles. The number of hydrogen-bond acceptors (Lipinski definition) is 3. The molecule has 0 bridgehead atoms. The van der Waals surface area contributed by atoms with E-state index in [4.69, 9.17) is 40.5 Å². The normalized spacial score (nSPS) is 12.2. The first-order chi connectivity index (χ1) is 9.38. The Balaban J connectivity index is 2.27. The molecular formula is C13H11Cl3N2OS. The minimum Gasteiger partial charge on any atom is -0.377 e. The van der Waals surface area contributed by atoms with E-state index in [0.29, 0.717) is 24.9 Å². The van der Waals surface area contributed by atoms with Gasteiger partial charge >= 0.3 is 0 Å². The quantitative estimate of drug-likeness (QED) is 0.818. The second kappa shape index (κ2) is 6.22. The van der Waals surface area contributed by atoms with E-state index in [-0.39, 0.29) is 6.04 Å². The maximum Gasteiger partial charge on any atom is 0.248 e. The molecule has 2 aromatic rings. The number of amides is 1. The molecule has 0 aliphatic rings. The Morgan fingerprint density at radius 3 is 2.55 bits per heavy atom. The van der Waals surface area contributed by atoms with Crippen molar-refractivity contribution in [1.82, 2.24) is 0 Å². The van der Waals surface area contributed by atoms with E-state index in [9.17, 15) is 4.79 Å². The number of thiophene rings is 1. The smallest absolute Gasteiger partial charge is 0.248 e. The average Bonchev–Trinajstić information content (AvgIpc) is 2.71. The molecule has 0 radical (unpaired) electrons. The molecule has 3 N–H and O–H groups in total. The minimum atomic E-state index is -0.506. The van der Waals surface area contributed by atoms with E-state index >= 15 is 0 Å². The zero-order valence-corrected chi connectivity index (χ0v) is 13.5. The van der Waals surface area contributed by atoms with E-state index in [2.05, 4.69) is 5.32 Å². The van der Waals surface area contributed by atoms with Crippen LogP contribution in [0.4, 0.5) is 5.69 Å². The van der Waals surface area contributed by atoms with Gasteiger partial charge in [0.25, 0.3) is 0 Å². The SMILES string of the molecule is CC(Nc1cc(C(N)=O)ccc1Cl)c1cc(Cl)sc1Cl. The minimum absolute atomic E-state index is 0.105. The number of carbonyl (C=O) groups is 1. The Labute approximate surface area is 135 Å². The molecule has 0 aliphatic carbocycles. The van der Waals surface area contributed by atoms with E-state index < -0.39 is 5.91 Å². The first-order valence-corrected chi connectivity index (χ1v) is 7.64. The van der Waals surface area contributed by atoms with Crippen LogP contribution in [0.25, 0.3) is 0 Å². The summed E-state index contributed by atoms with van der Waals surface area (Å²) in [7, 11) is 0. The van der Waals surface area contributed by atoms with Crippen LogP contribution in [0.5, 0.6) is 0 Å². The summed E-state index contributed by atoms with van der Waals surface area (Å²) in [5.41, 5.74) is 7.14. The van der Waals surface area contributed by atoms with Gasteiger partial charge in [0.1, 0.15) is 0 Å². The van der Waals surface area contributed by atoms with Crippen molar-refractivity contribution in [2.24, 2.45) is 5.73 Å². The molecule has 1 atom stereocenters. The summed E-state index contributed by atoms with van der Waals surface area (Å²) >= 11 is 19.5. The third-order valence-corrected chi connectivity index (χ3v) is 4.62. The van der Waals surface area contributed by atoms with Crippen molar-refractivity contribution < 1.29 is 4.79 Å². The molecule has 0 fully saturated rings. The summed E-state index contributed by atoms with van der Waals surface area (Å²) in [6.07, 6.45) is 0. The summed E-state index contributed by atoms with van der Waals surface area (Å²) in [4.78, 5) is 11.2. The van der Waals surface area contributed by atoms with Crippen molar-refractivity contribution in [1.29, 1.82) is 0 Å². The van der Waals surface area contributed by atoms with Crippen LogP contribution in [0.1, 0.15) is 28.9 Å². The Morgan fingerprint density at radius 2 is 2.00 bits per heavy atom. The maximum atomic E-state index is 11.2. The number of nitrogens with two attached hydrogens (primary N) is 1. The predicted octanol–water partition coefficient (Wildman–Crippen LogP) is 4.98. The van der Waals surface area contributed by atoms with Crippen molar-refractivity contribution in [3.8, 4) is 0 Å². The van der Waals surface area contributed by atoms with Gasteiger partial charge in [-0.05, 0) is 31.2 Å². The first-order valence-electron chi connectivity index (χ1n) is 5.69. The van der Waals surface area contributed by atoms with Gasteiger partial charge in [-0.15, -0.1) is 11.3 Å². The maximum absolute atomic E-state index is 11.2. The highest BCUT2D eigenvalue weighted by Crippen LogP contribution is 2.37. The molecule has 20 heavy (non-hydrogen) atoms. The van der Waals surface area contributed by atoms with Gasteiger partial charge in [0.05, 0.1) is 25.4 Å². The monoisotopic (exact) mass is 348 g/mol. The molecule has 1 heterocycles. The zero-order valence-electron chi connectivity index (χ0n) is 10.4. The van der Waals surface area contributed by atoms with Crippen LogP contribution in [-0.2, 0) is 0 Å². The lowest BCUT2D eigenvalue weighted by Gasteiger charge is -2.16. The number of anilines is 1. The molecule has 0 spiro atoms. The molecule has 3 nitrogen and oxygen atoms in total. The van der Waals surface area contributed by atoms with E-state index in [1.807, 2.05) is 6.92 Å². The Kier molecular flexibility index (Phi) is 4.81. The number of rotatable bonds is 4. The Morgan fingerprint density at radius 1 is 1.30 bits per heavy atom. The van der Waals surface area contributed by atoms with Gasteiger partial charge in [0, 0.05) is 11.1 Å². The highest BCUT2D eigenvalue weighted by atomic mass is 35.5. The van der Waals surface area contributed by atoms with E-state index in [1.54, 1.807) is 24.3 Å². The summed E-state index contributed by atoms with van der Waals surface area (Å²) in [6, 6.07) is 6.52. The standard InChI is InChI=1S/C13H11Cl3N2OS/c1-6(8-5-11(15)20-12(8)16)18-10-4-7(13(17)19)2-3-9(10)14/h2-6,18H,1H3,(H2,17,19). The van der Waals surface area contributed by atoms with Crippen LogP contribution in [0.2, 0.25) is 13.7 Å². The zero-order chi connectivity index (χ0) is 14.9. The average molecular weight is 350 g/mol. The molecule has 2 rings (SSSR count). The van der Waals surface area contributed by atoms with Gasteiger partial charge in [0.2, 0.25) is 5.91 Å². The summed E-state index contributed by atoms with van der Waals surface area (Å²) in [5.74, 6) is -0.506. The highest BCUT2D eigenvalue weighted by molar-refractivity contribution is 7.20. The largest absolute Gasteiger partial charge is 0.377 e. The van der Waals surface area contributed by atoms with Crippen molar-refractivity contribution in [2.45, 2.75) is 13.0 Å². The van der Waals surface area contributed by atoms with Crippen LogP contribution < -0.4 is 11.1 Å². The van der Waals surface area contributed by atoms with Gasteiger partial charge in [-0.3, -0.25) is 4.79 Å². The van der Waals surface area contributed by atoms with Crippen LogP contribution in [0.3, 0.4) is 0 Å². The fourth-order valence-electron chi connectivity index (χ4n) is 1.75. The Bertz CT molecular complexity index is 657. The third kappa shape index (κ3) is 3.38. The van der Waals surface area contributed by atoms with Gasteiger partial charge in [-0.2, -0.15) is 0 Å². The van der Waals surface area contributed by atoms with Crippen molar-refractivity contribution in [2.75, 3.05) is 5.32 Å². The van der Waals surface area contributed by atoms with Crippen LogP contribution in [0, 0.1) is 0 Å². The lowest BCUT2D eigenvalue weighted by atomic mass is 10.1. The summed E-state index contributed by atoms with van der Waals surface area (Å²) in [5, 5.41) is 3.70. The van der Waals surface area contributed by atoms with Crippen molar-refractivity contribution >= 4 is 57.7 Å². The van der Waals surface area contributed by atoms with Gasteiger partial charge in [0.15, 0.2) is 0 Å². The number of halogens is 3. The molecule has 7 heteroatoms. The molecule has 0 aliphatic heterocycles. The third-order valence-electron chi connectivity index (χ3n) is 2.77. The fraction of sp³-hybridized carbons (Fsp3) is 0.154. The fourth-order valence-corrected chi connectivity index (χ4v) is 3.57. The molecule has 1 amide bonds. The molecular weight excluding hydrogens is 339 g/mol. The van der Waals surface area contributed by atoms with E-state index in [1.165, 1.54) is 11.3 Å². The highest BCUT2D eigenvalue weighted by Gasteiger charge is 2.15. The van der Waals surface area contributed by atoms with E-state index in [0.717, 1.165) is 5.56 Å². The Hall–Kier alpha value is -0.940. The number of benzene rings is 1. The molecule has 1 unspecified atom stereocenters. The predicted molar refractivity (Wildman–Crippen MR) is 86.3 cm³/mol. The summed E-state index contributed by atoms with van der Waals surface area (Å²) < 4.78 is 1.24. The topological polar surface area (TPSA) is 55.1 Å². The van der Waals surface area contributed by atoms with Crippen molar-refractivity contribution in [3.63, 3.8) is 0 Å². The first kappa shape index (κ1) is 15.4. The molecule has 1 aromatic carbocycles. The summed E-state index contributed by atoms with van der Waals surface area (Å²) in [6.45, 7) is 1.93. The molecule has 0 saturated heterocycles. The van der Waals surface area contributed by atoms with Crippen LogP contribution in [0.15, 0.2) is 24.3 Å². The van der Waals surface area contributed by atoms with Crippen LogP contribution in [-0.4, -0.2) is 5.91 Å². The second-order valence-electron chi connectivity index (χ2n) is 4.20. The van der Waals surface area contributed by atoms with Crippen molar-refractivity contribution in [3.05, 3.63) is 49.1 Å². The number of hydrogen-bond donors (Lipinski definition) is 2.